The summed E-state index contributed by atoms with van der Waals surface area (Å²) in [4.78, 5) is 28.7. The van der Waals surface area contributed by atoms with Gasteiger partial charge in [-0.2, -0.15) is 0 Å². The second kappa shape index (κ2) is 6.89. The van der Waals surface area contributed by atoms with Gasteiger partial charge in [0.25, 0.3) is 0 Å². The fraction of sp³-hybridized carbons (Fsp3) is 0.556. The summed E-state index contributed by atoms with van der Waals surface area (Å²) in [7, 11) is 1.62. The van der Waals surface area contributed by atoms with Gasteiger partial charge < -0.3 is 14.5 Å². The molecule has 2 aliphatic rings. The first-order valence-corrected chi connectivity index (χ1v) is 8.35. The third-order valence-electron chi connectivity index (χ3n) is 5.17. The molecular weight excluding hydrogens is 311 g/mol. The molecule has 24 heavy (non-hydrogen) atoms. The Hall–Kier alpha value is -1.95. The van der Waals surface area contributed by atoms with Crippen LogP contribution in [-0.4, -0.2) is 61.5 Å². The van der Waals surface area contributed by atoms with Crippen molar-refractivity contribution in [1.82, 2.24) is 9.80 Å². The van der Waals surface area contributed by atoms with Crippen LogP contribution in [0.5, 0.6) is 0 Å². The Morgan fingerprint density at radius 1 is 1.29 bits per heavy atom. The zero-order chi connectivity index (χ0) is 17.2. The summed E-state index contributed by atoms with van der Waals surface area (Å²) in [6, 6.07) is 6.33. The minimum Gasteiger partial charge on any atom is -0.383 e. The van der Waals surface area contributed by atoms with Crippen molar-refractivity contribution in [3.05, 3.63) is 35.6 Å². The molecular formula is C18H23FN2O3. The number of likely N-dealkylation sites (tertiary alicyclic amines) is 2. The monoisotopic (exact) mass is 334 g/mol. The van der Waals surface area contributed by atoms with Crippen molar-refractivity contribution in [3.8, 4) is 0 Å². The maximum atomic E-state index is 13.7. The van der Waals surface area contributed by atoms with Crippen LogP contribution in [0.4, 0.5) is 4.39 Å². The van der Waals surface area contributed by atoms with Crippen LogP contribution in [0.3, 0.4) is 0 Å². The molecule has 2 aliphatic heterocycles. The molecule has 1 unspecified atom stereocenters. The van der Waals surface area contributed by atoms with Crippen molar-refractivity contribution in [2.75, 3.05) is 39.9 Å². The van der Waals surface area contributed by atoms with Crippen molar-refractivity contribution in [2.24, 2.45) is 5.41 Å². The molecule has 0 aliphatic carbocycles. The predicted molar refractivity (Wildman–Crippen MR) is 86.8 cm³/mol. The molecule has 1 atom stereocenters. The Bertz CT molecular complexity index is 636. The molecule has 6 heteroatoms. The summed E-state index contributed by atoms with van der Waals surface area (Å²) in [5.41, 5.74) is -0.0403. The topological polar surface area (TPSA) is 49.9 Å². The number of rotatable bonds is 5. The van der Waals surface area contributed by atoms with E-state index in [1.165, 1.54) is 6.07 Å². The second-order valence-corrected chi connectivity index (χ2v) is 6.65. The van der Waals surface area contributed by atoms with E-state index in [2.05, 4.69) is 0 Å². The summed E-state index contributed by atoms with van der Waals surface area (Å²) < 4.78 is 18.8. The van der Waals surface area contributed by atoms with Gasteiger partial charge >= 0.3 is 0 Å². The van der Waals surface area contributed by atoms with E-state index in [1.807, 2.05) is 4.90 Å². The number of hydrogen-bond acceptors (Lipinski definition) is 3. The fourth-order valence-corrected chi connectivity index (χ4v) is 3.69. The molecule has 3 rings (SSSR count). The first kappa shape index (κ1) is 16.9. The van der Waals surface area contributed by atoms with Crippen molar-refractivity contribution in [3.63, 3.8) is 0 Å². The van der Waals surface area contributed by atoms with E-state index in [4.69, 9.17) is 4.74 Å². The van der Waals surface area contributed by atoms with Crippen LogP contribution >= 0.6 is 0 Å². The number of halogens is 1. The summed E-state index contributed by atoms with van der Waals surface area (Å²) >= 11 is 0. The Kier molecular flexibility index (Phi) is 4.85. The minimum absolute atomic E-state index is 0.0460. The van der Waals surface area contributed by atoms with Crippen molar-refractivity contribution >= 4 is 11.8 Å². The first-order valence-electron chi connectivity index (χ1n) is 8.35. The molecule has 0 saturated carbocycles. The highest BCUT2D eigenvalue weighted by atomic mass is 19.1. The van der Waals surface area contributed by atoms with E-state index in [1.54, 1.807) is 30.2 Å². The summed E-state index contributed by atoms with van der Waals surface area (Å²) in [5, 5.41) is 0. The molecule has 2 fully saturated rings. The van der Waals surface area contributed by atoms with Crippen LogP contribution in [0.15, 0.2) is 24.3 Å². The van der Waals surface area contributed by atoms with E-state index in [0.717, 1.165) is 13.0 Å². The molecule has 2 amide bonds. The van der Waals surface area contributed by atoms with Gasteiger partial charge in [0.1, 0.15) is 5.82 Å². The smallest absolute Gasteiger partial charge is 0.230 e. The van der Waals surface area contributed by atoms with Gasteiger partial charge in [-0.05, 0) is 24.5 Å². The number of hydrogen-bond donors (Lipinski definition) is 0. The third kappa shape index (κ3) is 3.15. The average molecular weight is 334 g/mol. The zero-order valence-corrected chi connectivity index (χ0v) is 14.0. The molecule has 0 N–H and O–H groups in total. The Morgan fingerprint density at radius 2 is 2.04 bits per heavy atom. The maximum Gasteiger partial charge on any atom is 0.230 e. The lowest BCUT2D eigenvalue weighted by Gasteiger charge is -2.23. The van der Waals surface area contributed by atoms with E-state index in [9.17, 15) is 14.0 Å². The normalized spacial score (nSPS) is 23.5. The molecule has 1 aromatic rings. The Morgan fingerprint density at radius 3 is 2.79 bits per heavy atom. The van der Waals surface area contributed by atoms with Gasteiger partial charge in [-0.3, -0.25) is 9.59 Å². The quantitative estimate of drug-likeness (QED) is 0.819. The van der Waals surface area contributed by atoms with Gasteiger partial charge in [-0.1, -0.05) is 18.2 Å². The first-order chi connectivity index (χ1) is 11.6. The molecule has 1 aromatic carbocycles. The molecule has 1 spiro atoms. The lowest BCUT2D eigenvalue weighted by atomic mass is 9.85. The maximum absolute atomic E-state index is 13.7. The average Bonchev–Trinajstić information content (AvgIpc) is 3.14. The number of benzene rings is 1. The highest BCUT2D eigenvalue weighted by Crippen LogP contribution is 2.40. The Labute approximate surface area is 141 Å². The number of methoxy groups -OCH3 is 1. The van der Waals surface area contributed by atoms with Crippen molar-refractivity contribution in [1.29, 1.82) is 0 Å². The summed E-state index contributed by atoms with van der Waals surface area (Å²) in [6.45, 7) is 2.86. The number of ether oxygens (including phenoxy) is 1. The van der Waals surface area contributed by atoms with Crippen LogP contribution in [0.1, 0.15) is 18.4 Å². The number of nitrogens with zero attached hydrogens (tertiary/aromatic N) is 2. The lowest BCUT2D eigenvalue weighted by Crippen LogP contribution is -2.39. The van der Waals surface area contributed by atoms with E-state index in [0.29, 0.717) is 38.2 Å². The van der Waals surface area contributed by atoms with Crippen LogP contribution < -0.4 is 0 Å². The number of amides is 2. The molecule has 0 radical (unpaired) electrons. The number of carbonyl (C=O) groups is 2. The van der Waals surface area contributed by atoms with E-state index >= 15 is 0 Å². The number of carbonyl (C=O) groups excluding carboxylic acids is 2. The third-order valence-corrected chi connectivity index (χ3v) is 5.17. The molecule has 0 aromatic heterocycles. The largest absolute Gasteiger partial charge is 0.383 e. The molecule has 2 saturated heterocycles. The van der Waals surface area contributed by atoms with Crippen LogP contribution in [0, 0.1) is 11.2 Å². The van der Waals surface area contributed by atoms with Crippen molar-refractivity contribution in [2.45, 2.75) is 19.3 Å². The molecule has 130 valence electrons. The Balaban J connectivity index is 1.62. The molecule has 5 nitrogen and oxygen atoms in total. The predicted octanol–water partition coefficient (Wildman–Crippen LogP) is 1.47. The zero-order valence-electron chi connectivity index (χ0n) is 14.0. The van der Waals surface area contributed by atoms with Gasteiger partial charge in [0.2, 0.25) is 11.8 Å². The van der Waals surface area contributed by atoms with Crippen LogP contribution in [0.25, 0.3) is 0 Å². The summed E-state index contributed by atoms with van der Waals surface area (Å²) in [5.74, 6) is -0.344. The summed E-state index contributed by atoms with van der Waals surface area (Å²) in [6.07, 6.45) is 1.52. The minimum atomic E-state index is -0.446. The van der Waals surface area contributed by atoms with Crippen LogP contribution in [-0.2, 0) is 20.7 Å². The van der Waals surface area contributed by atoms with E-state index in [-0.39, 0.29) is 24.1 Å². The van der Waals surface area contributed by atoms with E-state index < -0.39 is 5.41 Å². The molecule has 2 heterocycles. The second-order valence-electron chi connectivity index (χ2n) is 6.65. The SMILES string of the molecule is COCCN1CCC2(CCN(C(=O)Cc3ccccc3F)C2)C1=O. The van der Waals surface area contributed by atoms with Gasteiger partial charge in [0.05, 0.1) is 18.4 Å². The lowest BCUT2D eigenvalue weighted by molar-refractivity contribution is -0.136. The van der Waals surface area contributed by atoms with Gasteiger partial charge in [-0.15, -0.1) is 0 Å². The molecule has 0 bridgehead atoms. The van der Waals surface area contributed by atoms with Gasteiger partial charge in [0.15, 0.2) is 0 Å². The van der Waals surface area contributed by atoms with Crippen molar-refractivity contribution < 1.29 is 18.7 Å². The van der Waals surface area contributed by atoms with Crippen LogP contribution in [0.2, 0.25) is 0 Å². The highest BCUT2D eigenvalue weighted by Gasteiger charge is 2.51. The standard InChI is InChI=1S/C18H23FN2O3/c1-24-11-10-20-8-6-18(17(20)23)7-9-21(13-18)16(22)12-14-4-2-3-5-15(14)19/h2-5H,6-13H2,1H3. The highest BCUT2D eigenvalue weighted by molar-refractivity contribution is 5.87. The van der Waals surface area contributed by atoms with Gasteiger partial charge in [0, 0.05) is 33.3 Å². The van der Waals surface area contributed by atoms with Gasteiger partial charge in [-0.25, -0.2) is 4.39 Å². The fourth-order valence-electron chi connectivity index (χ4n) is 3.69.